The average Bonchev–Trinajstić information content (AvgIpc) is 2.07. The van der Waals surface area contributed by atoms with Gasteiger partial charge in [-0.15, -0.1) is 0 Å². The Morgan fingerprint density at radius 1 is 1.25 bits per heavy atom. The third kappa shape index (κ3) is 1.06. The van der Waals surface area contributed by atoms with Gasteiger partial charge in [0.25, 0.3) is 0 Å². The van der Waals surface area contributed by atoms with E-state index in [-0.39, 0.29) is 11.0 Å². The van der Waals surface area contributed by atoms with Gasteiger partial charge in [-0.3, -0.25) is 4.98 Å². The molecule has 60 valence electrons. The van der Waals surface area contributed by atoms with Crippen LogP contribution in [0.3, 0.4) is 0 Å². The van der Waals surface area contributed by atoms with Crippen molar-refractivity contribution in [1.82, 2.24) is 15.0 Å². The smallest absolute Gasteiger partial charge is 0.171 e. The van der Waals surface area contributed by atoms with Gasteiger partial charge >= 0.3 is 0 Å². The zero-order chi connectivity index (χ0) is 8.55. The highest BCUT2D eigenvalue weighted by Gasteiger charge is 2.01. The molecule has 2 aromatic heterocycles. The Hall–Kier alpha value is -1.42. The van der Waals surface area contributed by atoms with E-state index in [4.69, 9.17) is 17.3 Å². The lowest BCUT2D eigenvalue weighted by molar-refractivity contribution is 1.25. The van der Waals surface area contributed by atoms with Crippen LogP contribution in [0.5, 0.6) is 0 Å². The predicted octanol–water partition coefficient (Wildman–Crippen LogP) is 1.26. The number of anilines is 1. The molecule has 2 aromatic rings. The second-order valence-corrected chi connectivity index (χ2v) is 2.62. The largest absolute Gasteiger partial charge is 0.381 e. The van der Waals surface area contributed by atoms with E-state index >= 15 is 0 Å². The molecule has 0 aliphatic carbocycles. The van der Waals surface area contributed by atoms with Crippen LogP contribution in [0.2, 0.25) is 5.15 Å². The van der Waals surface area contributed by atoms with Crippen molar-refractivity contribution in [3.63, 3.8) is 0 Å². The Labute approximate surface area is 73.4 Å². The van der Waals surface area contributed by atoms with Crippen molar-refractivity contribution in [2.24, 2.45) is 0 Å². The maximum Gasteiger partial charge on any atom is 0.171 e. The van der Waals surface area contributed by atoms with E-state index in [0.717, 1.165) is 0 Å². The van der Waals surface area contributed by atoms with Gasteiger partial charge in [-0.2, -0.15) is 0 Å². The molecule has 0 unspecified atom stereocenters. The Morgan fingerprint density at radius 3 is 2.92 bits per heavy atom. The Bertz CT molecular complexity index is 388. The highest BCUT2D eigenvalue weighted by Crippen LogP contribution is 2.16. The molecule has 4 nitrogen and oxygen atoms in total. The van der Waals surface area contributed by atoms with Crippen molar-refractivity contribution >= 4 is 28.5 Å². The van der Waals surface area contributed by atoms with Gasteiger partial charge in [0.05, 0.1) is 11.7 Å². The topological polar surface area (TPSA) is 64.7 Å². The summed E-state index contributed by atoms with van der Waals surface area (Å²) in [4.78, 5) is 11.9. The van der Waals surface area contributed by atoms with Crippen molar-refractivity contribution in [3.05, 3.63) is 23.6 Å². The summed E-state index contributed by atoms with van der Waals surface area (Å²) < 4.78 is 0. The molecule has 0 aliphatic heterocycles. The first-order chi connectivity index (χ1) is 5.77. The van der Waals surface area contributed by atoms with Gasteiger partial charge in [-0.1, -0.05) is 11.6 Å². The van der Waals surface area contributed by atoms with Crippen LogP contribution >= 0.6 is 11.6 Å². The monoisotopic (exact) mass is 180 g/mol. The van der Waals surface area contributed by atoms with Gasteiger partial charge in [-0.05, 0) is 6.07 Å². The summed E-state index contributed by atoms with van der Waals surface area (Å²) in [6, 6.07) is 1.73. The molecule has 0 fully saturated rings. The summed E-state index contributed by atoms with van der Waals surface area (Å²) in [5, 5.41) is 0.218. The lowest BCUT2D eigenvalue weighted by Gasteiger charge is -1.98. The van der Waals surface area contributed by atoms with E-state index in [1.54, 1.807) is 18.5 Å². The number of hydrogen-bond donors (Lipinski definition) is 1. The van der Waals surface area contributed by atoms with Gasteiger partial charge in [0.15, 0.2) is 11.0 Å². The fraction of sp³-hybridized carbons (Fsp3) is 0. The number of rotatable bonds is 0. The fourth-order valence-electron chi connectivity index (χ4n) is 0.898. The molecule has 2 N–H and O–H groups in total. The molecule has 0 atom stereocenters. The van der Waals surface area contributed by atoms with Gasteiger partial charge < -0.3 is 5.73 Å². The van der Waals surface area contributed by atoms with E-state index in [2.05, 4.69) is 15.0 Å². The van der Waals surface area contributed by atoms with E-state index in [9.17, 15) is 0 Å². The van der Waals surface area contributed by atoms with Crippen LogP contribution in [-0.2, 0) is 0 Å². The minimum Gasteiger partial charge on any atom is -0.381 e. The number of nitrogens with zero attached hydrogens (tertiary/aromatic N) is 3. The SMILES string of the molecule is Nc1nc2ccncc2nc1Cl. The molecule has 0 aliphatic rings. The van der Waals surface area contributed by atoms with Crippen LogP contribution in [0.15, 0.2) is 18.5 Å². The summed E-state index contributed by atoms with van der Waals surface area (Å²) in [5.41, 5.74) is 6.81. The van der Waals surface area contributed by atoms with Crippen molar-refractivity contribution in [3.8, 4) is 0 Å². The number of pyridine rings is 1. The fourth-order valence-corrected chi connectivity index (χ4v) is 1.03. The number of aromatic nitrogens is 3. The normalized spacial score (nSPS) is 10.4. The Morgan fingerprint density at radius 2 is 2.08 bits per heavy atom. The minimum absolute atomic E-state index is 0.218. The number of halogens is 1. The number of nitrogens with two attached hydrogens (primary N) is 1. The van der Waals surface area contributed by atoms with Gasteiger partial charge in [0.1, 0.15) is 5.52 Å². The summed E-state index contributed by atoms with van der Waals surface area (Å²) in [7, 11) is 0. The molecule has 12 heavy (non-hydrogen) atoms. The van der Waals surface area contributed by atoms with Gasteiger partial charge in [0, 0.05) is 6.20 Å². The molecule has 0 aromatic carbocycles. The second-order valence-electron chi connectivity index (χ2n) is 2.26. The molecule has 2 rings (SSSR count). The van der Waals surface area contributed by atoms with E-state index in [1.165, 1.54) is 0 Å². The third-order valence-corrected chi connectivity index (χ3v) is 1.73. The first-order valence-electron chi connectivity index (χ1n) is 3.30. The molecular formula is C7H5ClN4. The maximum atomic E-state index is 5.66. The zero-order valence-corrected chi connectivity index (χ0v) is 6.78. The molecule has 0 radical (unpaired) electrons. The first kappa shape index (κ1) is 7.24. The molecule has 0 amide bonds. The quantitative estimate of drug-likeness (QED) is 0.663. The Kier molecular flexibility index (Phi) is 1.55. The standard InChI is InChI=1S/C7H5ClN4/c8-6-7(9)12-4-1-2-10-3-5(4)11-6/h1-3H,(H2,9,12). The maximum absolute atomic E-state index is 5.66. The van der Waals surface area contributed by atoms with Crippen LogP contribution in [0.25, 0.3) is 11.0 Å². The highest BCUT2D eigenvalue weighted by molar-refractivity contribution is 6.31. The number of nitrogen functional groups attached to an aromatic ring is 1. The number of hydrogen-bond acceptors (Lipinski definition) is 4. The van der Waals surface area contributed by atoms with Crippen molar-refractivity contribution in [2.75, 3.05) is 5.73 Å². The molecular weight excluding hydrogens is 176 g/mol. The van der Waals surface area contributed by atoms with Crippen LogP contribution in [0.1, 0.15) is 0 Å². The lowest BCUT2D eigenvalue weighted by Crippen LogP contribution is -1.94. The van der Waals surface area contributed by atoms with E-state index in [0.29, 0.717) is 11.0 Å². The molecule has 2 heterocycles. The summed E-state index contributed by atoms with van der Waals surface area (Å²) in [5.74, 6) is 0.246. The van der Waals surface area contributed by atoms with Crippen LogP contribution in [0, 0.1) is 0 Å². The third-order valence-electron chi connectivity index (χ3n) is 1.45. The van der Waals surface area contributed by atoms with E-state index in [1.807, 2.05) is 0 Å². The summed E-state index contributed by atoms with van der Waals surface area (Å²) in [6.45, 7) is 0. The predicted molar refractivity (Wildman–Crippen MR) is 46.8 cm³/mol. The molecule has 0 saturated carbocycles. The summed E-state index contributed by atoms with van der Waals surface area (Å²) >= 11 is 5.66. The minimum atomic E-state index is 0.218. The molecule has 5 heteroatoms. The molecule has 0 spiro atoms. The van der Waals surface area contributed by atoms with Crippen LogP contribution in [-0.4, -0.2) is 15.0 Å². The average molecular weight is 181 g/mol. The van der Waals surface area contributed by atoms with E-state index < -0.39 is 0 Å². The second kappa shape index (κ2) is 2.57. The van der Waals surface area contributed by atoms with Gasteiger partial charge in [0.2, 0.25) is 0 Å². The zero-order valence-electron chi connectivity index (χ0n) is 6.03. The highest BCUT2D eigenvalue weighted by atomic mass is 35.5. The number of fused-ring (bicyclic) bond motifs is 1. The molecule has 0 saturated heterocycles. The lowest BCUT2D eigenvalue weighted by atomic mass is 10.4. The van der Waals surface area contributed by atoms with Gasteiger partial charge in [-0.25, -0.2) is 9.97 Å². The van der Waals surface area contributed by atoms with Crippen molar-refractivity contribution in [1.29, 1.82) is 0 Å². The molecule has 0 bridgehead atoms. The van der Waals surface area contributed by atoms with Crippen LogP contribution in [0.4, 0.5) is 5.82 Å². The van der Waals surface area contributed by atoms with Crippen LogP contribution < -0.4 is 5.73 Å². The van der Waals surface area contributed by atoms with Crippen molar-refractivity contribution < 1.29 is 0 Å². The Balaban J connectivity index is 2.84. The first-order valence-corrected chi connectivity index (χ1v) is 3.68. The summed E-state index contributed by atoms with van der Waals surface area (Å²) in [6.07, 6.45) is 3.22. The van der Waals surface area contributed by atoms with Crippen molar-refractivity contribution in [2.45, 2.75) is 0 Å².